The summed E-state index contributed by atoms with van der Waals surface area (Å²) in [5.41, 5.74) is 0. The minimum absolute atomic E-state index is 1.00. The molecule has 0 aliphatic carbocycles. The molecule has 0 bridgehead atoms. The summed E-state index contributed by atoms with van der Waals surface area (Å²) >= 11 is 0. The van der Waals surface area contributed by atoms with Gasteiger partial charge in [0.2, 0.25) is 0 Å². The molecule has 0 radical (unpaired) electrons. The van der Waals surface area contributed by atoms with E-state index < -0.39 is 9.20 Å². The van der Waals surface area contributed by atoms with Crippen LogP contribution in [-0.2, 0) is 9.20 Å². The molecule has 69 valence electrons. The van der Waals surface area contributed by atoms with Crippen molar-refractivity contribution >= 4 is 40.4 Å². The van der Waals surface area contributed by atoms with Crippen molar-refractivity contribution in [2.45, 2.75) is 0 Å². The number of halogens is 4. The van der Waals surface area contributed by atoms with Gasteiger partial charge >= 0.3 is 49.6 Å². The Labute approximate surface area is 81.9 Å². The standard InChI is InChI=1S/C4H12N.4ClH.Fe/c1-5(2,3)4;;;;;/h1-4H3;4*1H;/q+1;;;;;+3/p-4. The fourth-order valence-electron chi connectivity index (χ4n) is 0. The van der Waals surface area contributed by atoms with Gasteiger partial charge in [-0.05, 0) is 0 Å². The SMILES string of the molecule is C[N+](C)(C)C.[Cl][Fe-]([Cl])([Cl])[Cl]. The first-order chi connectivity index (χ1) is 4.00. The average molecular weight is 272 g/mol. The van der Waals surface area contributed by atoms with Gasteiger partial charge in [0.05, 0.1) is 28.2 Å². The van der Waals surface area contributed by atoms with Gasteiger partial charge in [0.15, 0.2) is 0 Å². The molecule has 0 saturated heterocycles. The van der Waals surface area contributed by atoms with E-state index in [0.717, 1.165) is 4.48 Å². The van der Waals surface area contributed by atoms with Crippen molar-refractivity contribution in [2.75, 3.05) is 28.2 Å². The normalized spacial score (nSPS) is 13.6. The zero-order valence-electron chi connectivity index (χ0n) is 6.31. The third-order valence-electron chi connectivity index (χ3n) is 0. The number of hydrogen-bond donors (Lipinski definition) is 0. The van der Waals surface area contributed by atoms with Gasteiger partial charge in [-0.1, -0.05) is 0 Å². The fraction of sp³-hybridized carbons (Fsp3) is 1.00. The molecule has 0 amide bonds. The molecule has 0 fully saturated rings. The van der Waals surface area contributed by atoms with Crippen LogP contribution in [0.5, 0.6) is 0 Å². The first-order valence-corrected chi connectivity index (χ1v) is 8.40. The zero-order valence-corrected chi connectivity index (χ0v) is 10.4. The van der Waals surface area contributed by atoms with E-state index in [2.05, 4.69) is 28.2 Å². The molecule has 0 aromatic heterocycles. The van der Waals surface area contributed by atoms with Gasteiger partial charge in [-0.15, -0.1) is 0 Å². The number of hydrogen-bond acceptors (Lipinski definition) is 0. The van der Waals surface area contributed by atoms with E-state index >= 15 is 0 Å². The van der Waals surface area contributed by atoms with Gasteiger partial charge < -0.3 is 4.48 Å². The van der Waals surface area contributed by atoms with Crippen molar-refractivity contribution in [2.24, 2.45) is 0 Å². The summed E-state index contributed by atoms with van der Waals surface area (Å²) in [6.45, 7) is 0. The molecule has 6 heteroatoms. The fourth-order valence-corrected chi connectivity index (χ4v) is 0. The van der Waals surface area contributed by atoms with Crippen molar-refractivity contribution in [1.82, 2.24) is 0 Å². The van der Waals surface area contributed by atoms with Gasteiger partial charge in [0.1, 0.15) is 0 Å². The molecular weight excluding hydrogens is 260 g/mol. The molecule has 0 saturated carbocycles. The first kappa shape index (κ1) is 14.2. The van der Waals surface area contributed by atoms with Crippen LogP contribution in [0.4, 0.5) is 0 Å². The second-order valence-corrected chi connectivity index (χ2v) is 13.9. The molecule has 0 N–H and O–H groups in total. The van der Waals surface area contributed by atoms with E-state index in [1.54, 1.807) is 0 Å². The first-order valence-electron chi connectivity index (χ1n) is 2.32. The Morgan fingerprint density at radius 2 is 0.800 bits per heavy atom. The monoisotopic (exact) mass is 270 g/mol. The molecule has 0 aromatic carbocycles. The Morgan fingerprint density at radius 3 is 0.800 bits per heavy atom. The topological polar surface area (TPSA) is 0 Å². The summed E-state index contributed by atoms with van der Waals surface area (Å²) in [5.74, 6) is 0. The Balaban J connectivity index is 0. The predicted molar refractivity (Wildman–Crippen MR) is 47.4 cm³/mol. The van der Waals surface area contributed by atoms with Crippen LogP contribution in [0.1, 0.15) is 0 Å². The van der Waals surface area contributed by atoms with Crippen LogP contribution < -0.4 is 0 Å². The molecule has 0 rings (SSSR count). The molecule has 0 aliphatic heterocycles. The number of rotatable bonds is 0. The molecule has 0 spiro atoms. The van der Waals surface area contributed by atoms with Crippen LogP contribution in [0.25, 0.3) is 0 Å². The Kier molecular flexibility index (Phi) is 7.54. The van der Waals surface area contributed by atoms with E-state index in [9.17, 15) is 0 Å². The van der Waals surface area contributed by atoms with Crippen LogP contribution in [0.3, 0.4) is 0 Å². The van der Waals surface area contributed by atoms with Gasteiger partial charge in [-0.25, -0.2) is 0 Å². The molecule has 10 heavy (non-hydrogen) atoms. The zero-order chi connectivity index (χ0) is 9.00. The van der Waals surface area contributed by atoms with E-state index in [1.165, 1.54) is 0 Å². The minimum atomic E-state index is -2.61. The summed E-state index contributed by atoms with van der Waals surface area (Å²) < 4.78 is 1.00. The van der Waals surface area contributed by atoms with E-state index in [-0.39, 0.29) is 0 Å². The van der Waals surface area contributed by atoms with Gasteiger partial charge in [-0.2, -0.15) is 0 Å². The van der Waals surface area contributed by atoms with E-state index in [0.29, 0.717) is 0 Å². The molecular formula is C4H12Cl4FeN. The van der Waals surface area contributed by atoms with Crippen LogP contribution in [0, 0.1) is 0 Å². The molecule has 0 heterocycles. The Hall–Kier alpha value is 1.64. The summed E-state index contributed by atoms with van der Waals surface area (Å²) in [7, 11) is 25.7. The molecule has 1 nitrogen and oxygen atoms in total. The maximum atomic E-state index is 4.95. The van der Waals surface area contributed by atoms with Crippen LogP contribution in [-0.4, -0.2) is 32.7 Å². The second-order valence-electron chi connectivity index (χ2n) is 2.99. The van der Waals surface area contributed by atoms with Crippen LogP contribution in [0.2, 0.25) is 0 Å². The summed E-state index contributed by atoms with van der Waals surface area (Å²) in [4.78, 5) is 0. The predicted octanol–water partition coefficient (Wildman–Crippen LogP) is 3.08. The van der Waals surface area contributed by atoms with Crippen LogP contribution >= 0.6 is 40.4 Å². The number of nitrogens with zero attached hydrogens (tertiary/aromatic N) is 1. The van der Waals surface area contributed by atoms with E-state index in [1.807, 2.05) is 0 Å². The van der Waals surface area contributed by atoms with E-state index in [4.69, 9.17) is 40.4 Å². The third kappa shape index (κ3) is 268. The van der Waals surface area contributed by atoms with Crippen molar-refractivity contribution in [3.63, 3.8) is 0 Å². The summed E-state index contributed by atoms with van der Waals surface area (Å²) in [6.07, 6.45) is 0. The number of quaternary nitrogens is 1. The summed E-state index contributed by atoms with van der Waals surface area (Å²) in [6, 6.07) is 0. The molecule has 0 atom stereocenters. The van der Waals surface area contributed by atoms with Gasteiger partial charge in [0, 0.05) is 0 Å². The third-order valence-corrected chi connectivity index (χ3v) is 0. The van der Waals surface area contributed by atoms with Gasteiger partial charge in [0.25, 0.3) is 0 Å². The molecule has 0 aromatic rings. The summed E-state index contributed by atoms with van der Waals surface area (Å²) in [5, 5.41) is 0. The van der Waals surface area contributed by atoms with Crippen molar-refractivity contribution in [1.29, 1.82) is 0 Å². The second kappa shape index (κ2) is 5.31. The van der Waals surface area contributed by atoms with Crippen molar-refractivity contribution in [3.8, 4) is 0 Å². The Bertz CT molecular complexity index is 60.2. The Morgan fingerprint density at radius 1 is 0.800 bits per heavy atom. The molecule has 0 unspecified atom stereocenters. The van der Waals surface area contributed by atoms with Crippen LogP contribution in [0.15, 0.2) is 0 Å². The van der Waals surface area contributed by atoms with Gasteiger partial charge in [-0.3, -0.25) is 0 Å². The van der Waals surface area contributed by atoms with Crippen molar-refractivity contribution in [3.05, 3.63) is 0 Å². The van der Waals surface area contributed by atoms with Crippen molar-refractivity contribution < 1.29 is 13.7 Å². The maximum absolute atomic E-state index is 4.95. The average Bonchev–Trinajstić information content (AvgIpc) is 1.12. The molecule has 0 aliphatic rings. The quantitative estimate of drug-likeness (QED) is 0.469.